The van der Waals surface area contributed by atoms with Gasteiger partial charge < -0.3 is 5.32 Å². The summed E-state index contributed by atoms with van der Waals surface area (Å²) in [5.41, 5.74) is 3.31. The van der Waals surface area contributed by atoms with Crippen LogP contribution in [0.5, 0.6) is 0 Å². The van der Waals surface area contributed by atoms with Crippen molar-refractivity contribution in [2.45, 2.75) is 59.2 Å². The Morgan fingerprint density at radius 1 is 1.30 bits per heavy atom. The Bertz CT molecular complexity index is 447. The SMILES string of the molecule is CCNC1c2ccccc2CC1N(C)C(C)C(C)(C)C. The van der Waals surface area contributed by atoms with Gasteiger partial charge in [0.2, 0.25) is 0 Å². The largest absolute Gasteiger partial charge is 0.309 e. The van der Waals surface area contributed by atoms with E-state index in [0.29, 0.717) is 23.5 Å². The van der Waals surface area contributed by atoms with E-state index in [9.17, 15) is 0 Å². The Labute approximate surface area is 124 Å². The van der Waals surface area contributed by atoms with E-state index >= 15 is 0 Å². The van der Waals surface area contributed by atoms with Gasteiger partial charge in [-0.15, -0.1) is 0 Å². The van der Waals surface area contributed by atoms with Crippen LogP contribution >= 0.6 is 0 Å². The minimum absolute atomic E-state index is 0.306. The second-order valence-electron chi connectivity index (χ2n) is 7.21. The van der Waals surface area contributed by atoms with Crippen molar-refractivity contribution in [1.29, 1.82) is 0 Å². The second kappa shape index (κ2) is 5.87. The maximum absolute atomic E-state index is 3.70. The van der Waals surface area contributed by atoms with Crippen molar-refractivity contribution >= 4 is 0 Å². The summed E-state index contributed by atoms with van der Waals surface area (Å²) in [5.74, 6) is 0. The van der Waals surface area contributed by atoms with Gasteiger partial charge in [0, 0.05) is 18.1 Å². The number of likely N-dealkylation sites (N-methyl/N-ethyl adjacent to an activating group) is 2. The maximum atomic E-state index is 3.70. The molecule has 20 heavy (non-hydrogen) atoms. The van der Waals surface area contributed by atoms with Crippen molar-refractivity contribution in [2.24, 2.45) is 5.41 Å². The highest BCUT2D eigenvalue weighted by molar-refractivity contribution is 5.37. The molecule has 1 aromatic rings. The van der Waals surface area contributed by atoms with Crippen LogP contribution in [0.2, 0.25) is 0 Å². The number of nitrogens with one attached hydrogen (secondary N) is 1. The Hall–Kier alpha value is -0.860. The molecule has 0 bridgehead atoms. The Balaban J connectivity index is 2.24. The molecule has 0 aromatic heterocycles. The van der Waals surface area contributed by atoms with Crippen LogP contribution in [0.1, 0.15) is 51.8 Å². The number of benzene rings is 1. The molecule has 0 radical (unpaired) electrons. The first-order valence-corrected chi connectivity index (χ1v) is 7.89. The van der Waals surface area contributed by atoms with E-state index in [4.69, 9.17) is 0 Å². The van der Waals surface area contributed by atoms with E-state index in [1.165, 1.54) is 11.1 Å². The lowest BCUT2D eigenvalue weighted by atomic mass is 9.86. The molecule has 0 saturated carbocycles. The fourth-order valence-corrected chi connectivity index (χ4v) is 3.32. The first-order valence-electron chi connectivity index (χ1n) is 7.89. The quantitative estimate of drug-likeness (QED) is 0.902. The number of fused-ring (bicyclic) bond motifs is 1. The van der Waals surface area contributed by atoms with Gasteiger partial charge in [-0.05, 0) is 43.5 Å². The molecule has 0 saturated heterocycles. The predicted molar refractivity (Wildman–Crippen MR) is 87.0 cm³/mol. The van der Waals surface area contributed by atoms with E-state index < -0.39 is 0 Å². The zero-order valence-electron chi connectivity index (χ0n) is 13.9. The van der Waals surface area contributed by atoms with E-state index in [1.807, 2.05) is 0 Å². The molecule has 2 nitrogen and oxygen atoms in total. The van der Waals surface area contributed by atoms with Crippen LogP contribution in [-0.2, 0) is 6.42 Å². The minimum Gasteiger partial charge on any atom is -0.309 e. The van der Waals surface area contributed by atoms with Crippen molar-refractivity contribution in [3.05, 3.63) is 35.4 Å². The van der Waals surface area contributed by atoms with Crippen molar-refractivity contribution in [3.8, 4) is 0 Å². The lowest BCUT2D eigenvalue weighted by molar-refractivity contribution is 0.0832. The first kappa shape index (κ1) is 15.5. The smallest absolute Gasteiger partial charge is 0.0484 e. The Morgan fingerprint density at radius 3 is 2.55 bits per heavy atom. The maximum Gasteiger partial charge on any atom is 0.0484 e. The zero-order chi connectivity index (χ0) is 14.9. The van der Waals surface area contributed by atoms with Crippen LogP contribution in [0.15, 0.2) is 24.3 Å². The van der Waals surface area contributed by atoms with Crippen molar-refractivity contribution in [3.63, 3.8) is 0 Å². The molecule has 1 aliphatic carbocycles. The number of hydrogen-bond acceptors (Lipinski definition) is 2. The molecule has 0 spiro atoms. The topological polar surface area (TPSA) is 15.3 Å². The molecular formula is C18H30N2. The molecule has 2 rings (SSSR count). The van der Waals surface area contributed by atoms with Crippen LogP contribution in [0, 0.1) is 5.41 Å². The van der Waals surface area contributed by atoms with Gasteiger partial charge in [0.25, 0.3) is 0 Å². The summed E-state index contributed by atoms with van der Waals surface area (Å²) in [4.78, 5) is 2.58. The highest BCUT2D eigenvalue weighted by Gasteiger charge is 2.38. The van der Waals surface area contributed by atoms with Gasteiger partial charge in [0.05, 0.1) is 0 Å². The lowest BCUT2D eigenvalue weighted by Crippen LogP contribution is -2.49. The van der Waals surface area contributed by atoms with Crippen LogP contribution < -0.4 is 5.32 Å². The number of hydrogen-bond donors (Lipinski definition) is 1. The normalized spacial score (nSPS) is 23.9. The zero-order valence-corrected chi connectivity index (χ0v) is 13.9. The molecule has 1 aliphatic rings. The molecule has 1 N–H and O–H groups in total. The average molecular weight is 274 g/mol. The molecule has 0 amide bonds. The van der Waals surface area contributed by atoms with Crippen LogP contribution in [0.3, 0.4) is 0 Å². The summed E-state index contributed by atoms with van der Waals surface area (Å²) >= 11 is 0. The van der Waals surface area contributed by atoms with Gasteiger partial charge in [-0.2, -0.15) is 0 Å². The molecule has 1 aromatic carbocycles. The second-order valence-corrected chi connectivity index (χ2v) is 7.21. The van der Waals surface area contributed by atoms with E-state index in [-0.39, 0.29) is 0 Å². The van der Waals surface area contributed by atoms with Gasteiger partial charge in [-0.25, -0.2) is 0 Å². The van der Waals surface area contributed by atoms with E-state index in [1.54, 1.807) is 0 Å². The third-order valence-corrected chi connectivity index (χ3v) is 5.02. The summed E-state index contributed by atoms with van der Waals surface area (Å²) in [7, 11) is 2.29. The standard InChI is InChI=1S/C18H30N2/c1-7-19-17-15-11-9-8-10-14(15)12-16(17)20(6)13(2)18(3,4)5/h8-11,13,16-17,19H,7,12H2,1-6H3. The molecule has 0 aliphatic heterocycles. The monoisotopic (exact) mass is 274 g/mol. The molecular weight excluding hydrogens is 244 g/mol. The van der Waals surface area contributed by atoms with Crippen LogP contribution in [0.4, 0.5) is 0 Å². The fraction of sp³-hybridized carbons (Fsp3) is 0.667. The van der Waals surface area contributed by atoms with Crippen molar-refractivity contribution in [2.75, 3.05) is 13.6 Å². The molecule has 0 heterocycles. The predicted octanol–water partition coefficient (Wildman–Crippen LogP) is 3.63. The van der Waals surface area contributed by atoms with Gasteiger partial charge in [0.15, 0.2) is 0 Å². The average Bonchev–Trinajstić information content (AvgIpc) is 2.76. The van der Waals surface area contributed by atoms with E-state index in [2.05, 4.69) is 76.1 Å². The highest BCUT2D eigenvalue weighted by Crippen LogP contribution is 2.37. The molecule has 3 unspecified atom stereocenters. The third-order valence-electron chi connectivity index (χ3n) is 5.02. The van der Waals surface area contributed by atoms with E-state index in [0.717, 1.165) is 13.0 Å². The summed E-state index contributed by atoms with van der Waals surface area (Å²) in [6.07, 6.45) is 1.16. The van der Waals surface area contributed by atoms with Crippen molar-refractivity contribution in [1.82, 2.24) is 10.2 Å². The van der Waals surface area contributed by atoms with Crippen molar-refractivity contribution < 1.29 is 0 Å². The van der Waals surface area contributed by atoms with Gasteiger partial charge in [-0.3, -0.25) is 4.90 Å². The lowest BCUT2D eigenvalue weighted by Gasteiger charge is -2.41. The van der Waals surface area contributed by atoms with Gasteiger partial charge in [0.1, 0.15) is 0 Å². The molecule has 3 atom stereocenters. The molecule has 2 heteroatoms. The third kappa shape index (κ3) is 2.91. The van der Waals surface area contributed by atoms with Crippen LogP contribution in [-0.4, -0.2) is 30.6 Å². The Morgan fingerprint density at radius 2 is 1.95 bits per heavy atom. The molecule has 112 valence electrons. The number of rotatable bonds is 4. The van der Waals surface area contributed by atoms with Gasteiger partial charge >= 0.3 is 0 Å². The minimum atomic E-state index is 0.306. The first-order chi connectivity index (χ1) is 9.36. The van der Waals surface area contributed by atoms with Crippen LogP contribution in [0.25, 0.3) is 0 Å². The van der Waals surface area contributed by atoms with Gasteiger partial charge in [-0.1, -0.05) is 52.0 Å². The fourth-order valence-electron chi connectivity index (χ4n) is 3.32. The highest BCUT2D eigenvalue weighted by atomic mass is 15.2. The summed E-state index contributed by atoms with van der Waals surface area (Å²) < 4.78 is 0. The number of nitrogens with zero attached hydrogens (tertiary/aromatic N) is 1. The summed E-state index contributed by atoms with van der Waals surface area (Å²) in [6, 6.07) is 10.5. The summed E-state index contributed by atoms with van der Waals surface area (Å²) in [6.45, 7) is 12.6. The summed E-state index contributed by atoms with van der Waals surface area (Å²) in [5, 5.41) is 3.70. The molecule has 0 fully saturated rings. The Kier molecular flexibility index (Phi) is 4.55.